The summed E-state index contributed by atoms with van der Waals surface area (Å²) >= 11 is 7.31. The van der Waals surface area contributed by atoms with Gasteiger partial charge in [0, 0.05) is 12.1 Å². The second-order valence-electron chi connectivity index (χ2n) is 5.67. The molecule has 1 aliphatic heterocycles. The summed E-state index contributed by atoms with van der Waals surface area (Å²) in [6.07, 6.45) is 0. The first kappa shape index (κ1) is 16.3. The Balaban J connectivity index is 1.61. The number of quaternary nitrogens is 1. The highest BCUT2D eigenvalue weighted by atomic mass is 32.2. The molecule has 1 N–H and O–H groups in total. The van der Waals surface area contributed by atoms with E-state index in [2.05, 4.69) is 41.3 Å². The van der Waals surface area contributed by atoms with Gasteiger partial charge >= 0.3 is 0 Å². The van der Waals surface area contributed by atoms with Crippen molar-refractivity contribution in [1.82, 2.24) is 4.90 Å². The molecule has 2 aromatic rings. The lowest BCUT2D eigenvalue weighted by Gasteiger charge is -2.34. The van der Waals surface area contributed by atoms with E-state index < -0.39 is 0 Å². The van der Waals surface area contributed by atoms with Crippen LogP contribution in [0, 0.1) is 0 Å². The van der Waals surface area contributed by atoms with Crippen LogP contribution in [-0.2, 0) is 13.1 Å². The fraction of sp³-hybridized carbons (Fsp3) is 0.278. The summed E-state index contributed by atoms with van der Waals surface area (Å²) in [4.78, 5) is 3.82. The van der Waals surface area contributed by atoms with Crippen LogP contribution in [0.5, 0.6) is 5.75 Å². The SMILES string of the molecule is COc1ccc(C[NH+]2CSC(=S)N(Cc3ccccc3)C2)cc1. The van der Waals surface area contributed by atoms with Gasteiger partial charge in [-0.1, -0.05) is 42.5 Å². The van der Waals surface area contributed by atoms with Crippen LogP contribution >= 0.6 is 24.0 Å². The first-order valence-corrected chi connectivity index (χ1v) is 9.06. The van der Waals surface area contributed by atoms with Gasteiger partial charge in [-0.3, -0.25) is 0 Å². The molecule has 1 atom stereocenters. The molecule has 2 aromatic carbocycles. The molecule has 3 rings (SSSR count). The summed E-state index contributed by atoms with van der Waals surface area (Å²) in [5, 5.41) is 0. The van der Waals surface area contributed by atoms with Gasteiger partial charge in [0.2, 0.25) is 0 Å². The normalized spacial score (nSPS) is 18.0. The zero-order valence-corrected chi connectivity index (χ0v) is 14.8. The molecule has 0 amide bonds. The first-order valence-electron chi connectivity index (χ1n) is 7.67. The average molecular weight is 346 g/mol. The predicted molar refractivity (Wildman–Crippen MR) is 99.6 cm³/mol. The van der Waals surface area contributed by atoms with Crippen LogP contribution in [0.15, 0.2) is 54.6 Å². The molecule has 1 unspecified atom stereocenters. The van der Waals surface area contributed by atoms with Crippen LogP contribution in [0.3, 0.4) is 0 Å². The zero-order chi connectivity index (χ0) is 16.1. The number of hydrogen-bond donors (Lipinski definition) is 1. The van der Waals surface area contributed by atoms with Gasteiger partial charge in [-0.25, -0.2) is 0 Å². The highest BCUT2D eigenvalue weighted by Gasteiger charge is 2.24. The molecule has 1 saturated heterocycles. The van der Waals surface area contributed by atoms with Gasteiger partial charge in [-0.05, 0) is 41.6 Å². The van der Waals surface area contributed by atoms with Gasteiger partial charge in [0.25, 0.3) is 0 Å². The summed E-state index contributed by atoms with van der Waals surface area (Å²) in [7, 11) is 1.70. The number of nitrogens with zero attached hydrogens (tertiary/aromatic N) is 1. The maximum Gasteiger partial charge on any atom is 0.155 e. The van der Waals surface area contributed by atoms with E-state index in [1.165, 1.54) is 16.0 Å². The second-order valence-corrected chi connectivity index (χ2v) is 7.28. The Bertz CT molecular complexity index is 646. The third-order valence-corrected chi connectivity index (χ3v) is 5.57. The molecular formula is C18H21N2OS2+. The summed E-state index contributed by atoms with van der Waals surface area (Å²) < 4.78 is 6.23. The Morgan fingerprint density at radius 3 is 2.52 bits per heavy atom. The van der Waals surface area contributed by atoms with E-state index in [0.717, 1.165) is 35.7 Å². The fourth-order valence-electron chi connectivity index (χ4n) is 2.70. The van der Waals surface area contributed by atoms with Gasteiger partial charge in [0.05, 0.1) is 7.11 Å². The van der Waals surface area contributed by atoms with Crippen molar-refractivity contribution in [3.8, 4) is 5.75 Å². The van der Waals surface area contributed by atoms with Crippen molar-refractivity contribution in [3.05, 3.63) is 65.7 Å². The number of nitrogens with one attached hydrogen (secondary N) is 1. The minimum absolute atomic E-state index is 0.888. The number of thioether (sulfide) groups is 1. The third kappa shape index (κ3) is 4.47. The molecule has 3 nitrogen and oxygen atoms in total. The van der Waals surface area contributed by atoms with Crippen molar-refractivity contribution in [1.29, 1.82) is 0 Å². The molecule has 1 heterocycles. The number of methoxy groups -OCH3 is 1. The molecule has 0 aromatic heterocycles. The molecule has 1 aliphatic rings. The highest BCUT2D eigenvalue weighted by Crippen LogP contribution is 2.15. The lowest BCUT2D eigenvalue weighted by Crippen LogP contribution is -3.13. The van der Waals surface area contributed by atoms with E-state index in [9.17, 15) is 0 Å². The summed E-state index contributed by atoms with van der Waals surface area (Å²) in [6, 6.07) is 18.9. The van der Waals surface area contributed by atoms with Gasteiger partial charge in [-0.15, -0.1) is 0 Å². The molecule has 0 radical (unpaired) electrons. The molecule has 0 spiro atoms. The first-order chi connectivity index (χ1) is 11.2. The Kier molecular flexibility index (Phi) is 5.54. The third-order valence-electron chi connectivity index (χ3n) is 3.90. The van der Waals surface area contributed by atoms with Crippen molar-refractivity contribution in [2.45, 2.75) is 13.1 Å². The minimum Gasteiger partial charge on any atom is -0.497 e. The lowest BCUT2D eigenvalue weighted by atomic mass is 10.2. The smallest absolute Gasteiger partial charge is 0.155 e. The number of hydrogen-bond acceptors (Lipinski definition) is 3. The van der Waals surface area contributed by atoms with Crippen LogP contribution in [0.2, 0.25) is 0 Å². The molecular weight excluding hydrogens is 324 g/mol. The van der Waals surface area contributed by atoms with E-state index in [0.29, 0.717) is 0 Å². The molecule has 1 fully saturated rings. The molecule has 23 heavy (non-hydrogen) atoms. The predicted octanol–water partition coefficient (Wildman–Crippen LogP) is 2.53. The highest BCUT2D eigenvalue weighted by molar-refractivity contribution is 8.22. The molecule has 0 bridgehead atoms. The minimum atomic E-state index is 0.888. The van der Waals surface area contributed by atoms with Crippen LogP contribution in [-0.4, -0.2) is 28.9 Å². The van der Waals surface area contributed by atoms with E-state index >= 15 is 0 Å². The van der Waals surface area contributed by atoms with Crippen LogP contribution in [0.1, 0.15) is 11.1 Å². The van der Waals surface area contributed by atoms with Crippen molar-refractivity contribution in [3.63, 3.8) is 0 Å². The Hall–Kier alpha value is -1.56. The molecule has 0 saturated carbocycles. The zero-order valence-electron chi connectivity index (χ0n) is 13.2. The average Bonchev–Trinajstić information content (AvgIpc) is 2.59. The van der Waals surface area contributed by atoms with Crippen LogP contribution in [0.4, 0.5) is 0 Å². The van der Waals surface area contributed by atoms with E-state index in [4.69, 9.17) is 17.0 Å². The van der Waals surface area contributed by atoms with Crippen molar-refractivity contribution < 1.29 is 9.64 Å². The largest absolute Gasteiger partial charge is 0.497 e. The Morgan fingerprint density at radius 2 is 1.83 bits per heavy atom. The van der Waals surface area contributed by atoms with Gasteiger partial charge < -0.3 is 14.5 Å². The maximum absolute atomic E-state index is 5.54. The topological polar surface area (TPSA) is 16.9 Å². The van der Waals surface area contributed by atoms with Crippen LogP contribution in [0.25, 0.3) is 0 Å². The van der Waals surface area contributed by atoms with Crippen molar-refractivity contribution >= 4 is 28.3 Å². The van der Waals surface area contributed by atoms with Gasteiger partial charge in [0.1, 0.15) is 22.5 Å². The maximum atomic E-state index is 5.54. The molecule has 0 aliphatic carbocycles. The summed E-state index contributed by atoms with van der Waals surface area (Å²) in [5.74, 6) is 1.93. The van der Waals surface area contributed by atoms with E-state index in [1.54, 1.807) is 18.9 Å². The van der Waals surface area contributed by atoms with Gasteiger partial charge in [-0.2, -0.15) is 0 Å². The fourth-order valence-corrected chi connectivity index (χ4v) is 3.84. The second kappa shape index (κ2) is 7.81. The lowest BCUT2D eigenvalue weighted by molar-refractivity contribution is -0.911. The standard InChI is InChI=1S/C18H20N2OS2/c1-21-17-9-7-16(8-10-17)11-19-13-20(18(22)23-14-19)12-15-5-3-2-4-6-15/h2-10H,11-14H2,1H3/p+1. The Morgan fingerprint density at radius 1 is 1.09 bits per heavy atom. The molecule has 5 heteroatoms. The number of benzene rings is 2. The van der Waals surface area contributed by atoms with Crippen molar-refractivity contribution in [2.75, 3.05) is 19.7 Å². The monoisotopic (exact) mass is 345 g/mol. The number of rotatable bonds is 5. The van der Waals surface area contributed by atoms with E-state index in [1.807, 2.05) is 18.2 Å². The Labute approximate surface area is 147 Å². The van der Waals surface area contributed by atoms with Gasteiger partial charge in [0.15, 0.2) is 6.67 Å². The summed E-state index contributed by atoms with van der Waals surface area (Å²) in [6.45, 7) is 2.84. The van der Waals surface area contributed by atoms with Crippen molar-refractivity contribution in [2.24, 2.45) is 0 Å². The van der Waals surface area contributed by atoms with E-state index in [-0.39, 0.29) is 0 Å². The number of ether oxygens (including phenoxy) is 1. The summed E-state index contributed by atoms with van der Waals surface area (Å²) in [5.41, 5.74) is 2.63. The quantitative estimate of drug-likeness (QED) is 0.838. The number of thiocarbonyl (C=S) groups is 1. The van der Waals surface area contributed by atoms with Crippen LogP contribution < -0.4 is 9.64 Å². The molecule has 120 valence electrons.